The molecule has 0 aliphatic rings. The van der Waals surface area contributed by atoms with Crippen LogP contribution in [0.4, 0.5) is 0 Å². The third kappa shape index (κ3) is 4.83. The first-order valence-electron chi connectivity index (χ1n) is 6.91. The van der Waals surface area contributed by atoms with Gasteiger partial charge in [0.05, 0.1) is 13.1 Å². The Hall–Kier alpha value is -0.800. The molecule has 1 aromatic heterocycles. The lowest BCUT2D eigenvalue weighted by molar-refractivity contribution is 0.185. The predicted octanol–water partition coefficient (Wildman–Crippen LogP) is 3.25. The molecule has 1 rings (SSSR count). The molecule has 1 aromatic rings. The third-order valence-corrected chi connectivity index (χ3v) is 3.47. The minimum atomic E-state index is 0.488. The van der Waals surface area contributed by atoms with Gasteiger partial charge in [0.2, 0.25) is 0 Å². The van der Waals surface area contributed by atoms with Crippen LogP contribution in [-0.2, 0) is 13.1 Å². The summed E-state index contributed by atoms with van der Waals surface area (Å²) >= 11 is 0. The molecule has 0 aliphatic heterocycles. The quantitative estimate of drug-likeness (QED) is 0.807. The van der Waals surface area contributed by atoms with Gasteiger partial charge in [-0.1, -0.05) is 27.7 Å². The van der Waals surface area contributed by atoms with Crippen LogP contribution >= 0.6 is 0 Å². The van der Waals surface area contributed by atoms with Crippen molar-refractivity contribution in [1.29, 1.82) is 0 Å². The minimum Gasteiger partial charge on any atom is -0.463 e. The van der Waals surface area contributed by atoms with Gasteiger partial charge in [0, 0.05) is 12.1 Å². The molecule has 0 aliphatic carbocycles. The van der Waals surface area contributed by atoms with Crippen molar-refractivity contribution in [3.63, 3.8) is 0 Å². The van der Waals surface area contributed by atoms with Crippen LogP contribution in [0.3, 0.4) is 0 Å². The van der Waals surface area contributed by atoms with Crippen molar-refractivity contribution < 1.29 is 4.42 Å². The number of rotatable bonds is 7. The number of hydrogen-bond acceptors (Lipinski definition) is 3. The Kier molecular flexibility index (Phi) is 5.89. The Bertz CT molecular complexity index is 344. The van der Waals surface area contributed by atoms with Crippen LogP contribution in [0.15, 0.2) is 16.5 Å². The summed E-state index contributed by atoms with van der Waals surface area (Å²) in [4.78, 5) is 2.34. The molecule has 3 nitrogen and oxygen atoms in total. The molecule has 0 aromatic carbocycles. The van der Waals surface area contributed by atoms with Gasteiger partial charge in [-0.05, 0) is 32.0 Å². The number of nitrogens with zero attached hydrogens (tertiary/aromatic N) is 1. The van der Waals surface area contributed by atoms with Crippen molar-refractivity contribution in [1.82, 2.24) is 10.2 Å². The maximum absolute atomic E-state index is 5.83. The van der Waals surface area contributed by atoms with E-state index in [1.54, 1.807) is 0 Å². The Labute approximate surface area is 112 Å². The van der Waals surface area contributed by atoms with Crippen LogP contribution in [0, 0.1) is 5.92 Å². The van der Waals surface area contributed by atoms with Crippen molar-refractivity contribution in [2.24, 2.45) is 5.92 Å². The molecular formula is C15H28N2O. The Morgan fingerprint density at radius 2 is 1.72 bits per heavy atom. The van der Waals surface area contributed by atoms with Gasteiger partial charge in [0.15, 0.2) is 0 Å². The normalized spacial score (nSPS) is 13.8. The Morgan fingerprint density at radius 1 is 1.11 bits per heavy atom. The summed E-state index contributed by atoms with van der Waals surface area (Å²) in [6, 6.07) is 5.20. The summed E-state index contributed by atoms with van der Waals surface area (Å²) in [5.74, 6) is 2.72. The molecule has 0 spiro atoms. The Morgan fingerprint density at radius 3 is 2.28 bits per heavy atom. The molecule has 0 bridgehead atoms. The second-order valence-corrected chi connectivity index (χ2v) is 5.80. The smallest absolute Gasteiger partial charge is 0.118 e. The molecular weight excluding hydrogens is 224 g/mol. The summed E-state index contributed by atoms with van der Waals surface area (Å²) < 4.78 is 5.83. The highest BCUT2D eigenvalue weighted by atomic mass is 16.3. The number of furan rings is 1. The molecule has 3 heteroatoms. The summed E-state index contributed by atoms with van der Waals surface area (Å²) in [5, 5.41) is 3.36. The fourth-order valence-electron chi connectivity index (χ4n) is 1.81. The van der Waals surface area contributed by atoms with Crippen LogP contribution in [0.2, 0.25) is 0 Å². The van der Waals surface area contributed by atoms with Gasteiger partial charge < -0.3 is 9.73 Å². The molecule has 1 atom stereocenters. The first kappa shape index (κ1) is 15.3. The van der Waals surface area contributed by atoms with E-state index < -0.39 is 0 Å². The maximum Gasteiger partial charge on any atom is 0.118 e. The summed E-state index contributed by atoms with van der Waals surface area (Å²) in [6.45, 7) is 12.7. The molecule has 1 heterocycles. The highest BCUT2D eigenvalue weighted by Gasteiger charge is 2.14. The second-order valence-electron chi connectivity index (χ2n) is 5.80. The number of hydrogen-bond donors (Lipinski definition) is 1. The average Bonchev–Trinajstić information content (AvgIpc) is 2.72. The minimum absolute atomic E-state index is 0.488. The van der Waals surface area contributed by atoms with Crippen molar-refractivity contribution in [2.45, 2.75) is 59.8 Å². The van der Waals surface area contributed by atoms with Gasteiger partial charge in [-0.3, -0.25) is 4.90 Å². The van der Waals surface area contributed by atoms with E-state index in [0.29, 0.717) is 18.0 Å². The SMILES string of the molecule is CC(C)NCc1ccc(CN(C)C(C)C(C)C)o1. The lowest BCUT2D eigenvalue weighted by atomic mass is 10.1. The first-order chi connectivity index (χ1) is 8.40. The van der Waals surface area contributed by atoms with E-state index in [4.69, 9.17) is 4.42 Å². The lowest BCUT2D eigenvalue weighted by Gasteiger charge is -2.26. The molecule has 18 heavy (non-hydrogen) atoms. The third-order valence-electron chi connectivity index (χ3n) is 3.47. The summed E-state index contributed by atoms with van der Waals surface area (Å²) in [6.07, 6.45) is 0. The fourth-order valence-corrected chi connectivity index (χ4v) is 1.81. The molecule has 1 N–H and O–H groups in total. The van der Waals surface area contributed by atoms with Crippen molar-refractivity contribution in [2.75, 3.05) is 7.05 Å². The molecule has 1 unspecified atom stereocenters. The van der Waals surface area contributed by atoms with Gasteiger partial charge in [0.1, 0.15) is 11.5 Å². The zero-order valence-electron chi connectivity index (χ0n) is 12.7. The second kappa shape index (κ2) is 6.95. The molecule has 0 radical (unpaired) electrons. The van der Waals surface area contributed by atoms with E-state index >= 15 is 0 Å². The van der Waals surface area contributed by atoms with Crippen LogP contribution in [0.5, 0.6) is 0 Å². The average molecular weight is 252 g/mol. The zero-order chi connectivity index (χ0) is 13.7. The van der Waals surface area contributed by atoms with E-state index in [-0.39, 0.29) is 0 Å². The van der Waals surface area contributed by atoms with Crippen LogP contribution in [0.25, 0.3) is 0 Å². The molecule has 0 saturated heterocycles. The van der Waals surface area contributed by atoms with E-state index in [1.807, 2.05) is 0 Å². The highest BCUT2D eigenvalue weighted by Crippen LogP contribution is 2.14. The van der Waals surface area contributed by atoms with Gasteiger partial charge >= 0.3 is 0 Å². The van der Waals surface area contributed by atoms with Gasteiger partial charge in [-0.25, -0.2) is 0 Å². The molecule has 0 saturated carbocycles. The van der Waals surface area contributed by atoms with Crippen LogP contribution in [0.1, 0.15) is 46.1 Å². The largest absolute Gasteiger partial charge is 0.463 e. The van der Waals surface area contributed by atoms with E-state index in [0.717, 1.165) is 24.6 Å². The molecule has 0 fully saturated rings. The van der Waals surface area contributed by atoms with Crippen molar-refractivity contribution in [3.05, 3.63) is 23.7 Å². The maximum atomic E-state index is 5.83. The lowest BCUT2D eigenvalue weighted by Crippen LogP contribution is -2.32. The summed E-state index contributed by atoms with van der Waals surface area (Å²) in [7, 11) is 2.15. The van der Waals surface area contributed by atoms with Crippen LogP contribution in [-0.4, -0.2) is 24.0 Å². The highest BCUT2D eigenvalue weighted by molar-refractivity contribution is 5.07. The van der Waals surface area contributed by atoms with Gasteiger partial charge in [-0.2, -0.15) is 0 Å². The predicted molar refractivity (Wildman–Crippen MR) is 76.5 cm³/mol. The van der Waals surface area contributed by atoms with Crippen LogP contribution < -0.4 is 5.32 Å². The monoisotopic (exact) mass is 252 g/mol. The van der Waals surface area contributed by atoms with E-state index in [1.165, 1.54) is 0 Å². The van der Waals surface area contributed by atoms with Gasteiger partial charge in [-0.15, -0.1) is 0 Å². The van der Waals surface area contributed by atoms with Gasteiger partial charge in [0.25, 0.3) is 0 Å². The standard InChI is InChI=1S/C15H28N2O/c1-11(2)13(5)17(6)10-15-8-7-14(18-15)9-16-12(3)4/h7-8,11-13,16H,9-10H2,1-6H3. The Balaban J connectivity index is 2.48. The van der Waals surface area contributed by atoms with Crippen molar-refractivity contribution in [3.8, 4) is 0 Å². The van der Waals surface area contributed by atoms with Crippen molar-refractivity contribution >= 4 is 0 Å². The first-order valence-corrected chi connectivity index (χ1v) is 6.91. The molecule has 104 valence electrons. The number of nitrogens with one attached hydrogen (secondary N) is 1. The fraction of sp³-hybridized carbons (Fsp3) is 0.733. The van der Waals surface area contributed by atoms with E-state index in [9.17, 15) is 0 Å². The van der Waals surface area contributed by atoms with E-state index in [2.05, 4.69) is 64.0 Å². The molecule has 0 amide bonds. The topological polar surface area (TPSA) is 28.4 Å². The zero-order valence-corrected chi connectivity index (χ0v) is 12.7. The summed E-state index contributed by atoms with van der Waals surface area (Å²) in [5.41, 5.74) is 0.